The van der Waals surface area contributed by atoms with Crippen molar-refractivity contribution in [2.45, 2.75) is 44.6 Å². The lowest BCUT2D eigenvalue weighted by Gasteiger charge is -2.24. The number of fused-ring (bicyclic) bond motifs is 2. The smallest absolute Gasteiger partial charge is 0.231 e. The number of aromatic nitrogens is 2. The molecule has 2 bridgehead atoms. The Bertz CT molecular complexity index is 638. The lowest BCUT2D eigenvalue weighted by atomic mass is 9.85. The Morgan fingerprint density at radius 1 is 1.18 bits per heavy atom. The maximum Gasteiger partial charge on any atom is 0.231 e. The van der Waals surface area contributed by atoms with E-state index in [2.05, 4.69) is 41.3 Å². The van der Waals surface area contributed by atoms with E-state index in [0.29, 0.717) is 17.7 Å². The zero-order valence-electron chi connectivity index (χ0n) is 12.7. The van der Waals surface area contributed by atoms with E-state index in [4.69, 9.17) is 10.3 Å². The van der Waals surface area contributed by atoms with Crippen molar-refractivity contribution < 1.29 is 4.52 Å². The largest absolute Gasteiger partial charge is 0.339 e. The van der Waals surface area contributed by atoms with Crippen molar-refractivity contribution in [3.8, 4) is 11.4 Å². The van der Waals surface area contributed by atoms with Crippen molar-refractivity contribution in [2.75, 3.05) is 0 Å². The van der Waals surface area contributed by atoms with Crippen LogP contribution in [0.2, 0.25) is 0 Å². The van der Waals surface area contributed by atoms with E-state index in [1.54, 1.807) is 0 Å². The van der Waals surface area contributed by atoms with Crippen LogP contribution in [0.25, 0.3) is 11.4 Å². The monoisotopic (exact) mass is 319 g/mol. The molecule has 2 fully saturated rings. The van der Waals surface area contributed by atoms with Crippen molar-refractivity contribution in [1.29, 1.82) is 0 Å². The fraction of sp³-hybridized carbons (Fsp3) is 0.529. The zero-order valence-corrected chi connectivity index (χ0v) is 13.6. The summed E-state index contributed by atoms with van der Waals surface area (Å²) in [6.07, 6.45) is 4.79. The molecule has 2 aliphatic carbocycles. The minimum absolute atomic E-state index is 0. The SMILES string of the molecule is CCc1ccc(-c2noc(C3C4CCC(C4)C3N)n2)cc1.Cl. The molecule has 4 atom stereocenters. The lowest BCUT2D eigenvalue weighted by Crippen LogP contribution is -2.34. The summed E-state index contributed by atoms with van der Waals surface area (Å²) in [6, 6.07) is 8.56. The summed E-state index contributed by atoms with van der Waals surface area (Å²) in [6.45, 7) is 2.15. The fourth-order valence-electron chi connectivity index (χ4n) is 4.08. The van der Waals surface area contributed by atoms with Gasteiger partial charge in [-0.15, -0.1) is 12.4 Å². The van der Waals surface area contributed by atoms with Crippen LogP contribution < -0.4 is 5.73 Å². The van der Waals surface area contributed by atoms with Crippen LogP contribution >= 0.6 is 12.4 Å². The molecule has 2 N–H and O–H groups in total. The fourth-order valence-corrected chi connectivity index (χ4v) is 4.08. The van der Waals surface area contributed by atoms with Gasteiger partial charge in [0.05, 0.1) is 5.92 Å². The number of aryl methyl sites for hydroxylation is 1. The Labute approximate surface area is 136 Å². The van der Waals surface area contributed by atoms with Gasteiger partial charge in [0.2, 0.25) is 11.7 Å². The Kier molecular flexibility index (Phi) is 4.24. The molecular formula is C17H22ClN3O. The van der Waals surface area contributed by atoms with Crippen LogP contribution in [0.3, 0.4) is 0 Å². The summed E-state index contributed by atoms with van der Waals surface area (Å²) in [5, 5.41) is 4.16. The minimum atomic E-state index is 0. The molecule has 5 heteroatoms. The van der Waals surface area contributed by atoms with Crippen LogP contribution in [-0.2, 0) is 6.42 Å². The molecule has 2 aliphatic rings. The molecule has 0 radical (unpaired) electrons. The first-order chi connectivity index (χ1) is 10.3. The Morgan fingerprint density at radius 3 is 2.55 bits per heavy atom. The predicted octanol–water partition coefficient (Wildman–Crippen LogP) is 3.56. The Balaban J connectivity index is 0.00000144. The highest BCUT2D eigenvalue weighted by Gasteiger charge is 2.48. The van der Waals surface area contributed by atoms with E-state index < -0.39 is 0 Å². The standard InChI is InChI=1S/C17H21N3O.ClH/c1-2-10-3-5-11(6-4-10)16-19-17(21-20-16)14-12-7-8-13(9-12)15(14)18;/h3-6,12-15H,2,7-9,18H2,1H3;1H. The number of benzene rings is 1. The highest BCUT2D eigenvalue weighted by Crippen LogP contribution is 2.51. The quantitative estimate of drug-likeness (QED) is 0.939. The summed E-state index contributed by atoms with van der Waals surface area (Å²) in [5.41, 5.74) is 8.68. The number of hydrogen-bond donors (Lipinski definition) is 1. The maximum atomic E-state index is 6.35. The third-order valence-corrected chi connectivity index (χ3v) is 5.33. The topological polar surface area (TPSA) is 64.9 Å². The molecule has 1 aromatic heterocycles. The van der Waals surface area contributed by atoms with Gasteiger partial charge in [-0.1, -0.05) is 36.3 Å². The van der Waals surface area contributed by atoms with Gasteiger partial charge < -0.3 is 10.3 Å². The van der Waals surface area contributed by atoms with E-state index in [1.165, 1.54) is 24.8 Å². The summed E-state index contributed by atoms with van der Waals surface area (Å²) in [4.78, 5) is 4.63. The van der Waals surface area contributed by atoms with Crippen LogP contribution in [0.4, 0.5) is 0 Å². The molecule has 0 spiro atoms. The van der Waals surface area contributed by atoms with Crippen LogP contribution in [0.1, 0.15) is 43.6 Å². The number of hydrogen-bond acceptors (Lipinski definition) is 4. The molecule has 0 aliphatic heterocycles. The second kappa shape index (κ2) is 6.01. The average molecular weight is 320 g/mol. The number of nitrogens with zero attached hydrogens (tertiary/aromatic N) is 2. The maximum absolute atomic E-state index is 6.35. The molecule has 2 saturated carbocycles. The summed E-state index contributed by atoms with van der Waals surface area (Å²) in [5.74, 6) is 2.98. The van der Waals surface area contributed by atoms with Gasteiger partial charge in [0.1, 0.15) is 0 Å². The van der Waals surface area contributed by atoms with Crippen LogP contribution in [0.5, 0.6) is 0 Å². The highest BCUT2D eigenvalue weighted by atomic mass is 35.5. The van der Waals surface area contributed by atoms with Gasteiger partial charge in [-0.2, -0.15) is 4.98 Å². The molecule has 22 heavy (non-hydrogen) atoms. The van der Waals surface area contributed by atoms with E-state index in [-0.39, 0.29) is 24.4 Å². The second-order valence-corrected chi connectivity index (χ2v) is 6.44. The molecular weight excluding hydrogens is 298 g/mol. The van der Waals surface area contributed by atoms with E-state index in [0.717, 1.165) is 17.9 Å². The predicted molar refractivity (Wildman–Crippen MR) is 87.9 cm³/mol. The molecule has 118 valence electrons. The molecule has 1 heterocycles. The van der Waals surface area contributed by atoms with Crippen molar-refractivity contribution in [1.82, 2.24) is 10.1 Å². The molecule has 4 unspecified atom stereocenters. The van der Waals surface area contributed by atoms with Crippen molar-refractivity contribution in [2.24, 2.45) is 17.6 Å². The zero-order chi connectivity index (χ0) is 14.4. The molecule has 0 saturated heterocycles. The Hall–Kier alpha value is -1.39. The number of nitrogens with two attached hydrogens (primary N) is 1. The van der Waals surface area contributed by atoms with E-state index >= 15 is 0 Å². The van der Waals surface area contributed by atoms with Crippen molar-refractivity contribution in [3.63, 3.8) is 0 Å². The summed E-state index contributed by atoms with van der Waals surface area (Å²) < 4.78 is 5.54. The van der Waals surface area contributed by atoms with Crippen molar-refractivity contribution >= 4 is 12.4 Å². The van der Waals surface area contributed by atoms with Gasteiger partial charge in [0, 0.05) is 11.6 Å². The number of rotatable bonds is 3. The first kappa shape index (κ1) is 15.5. The lowest BCUT2D eigenvalue weighted by molar-refractivity contribution is 0.279. The molecule has 0 amide bonds. The van der Waals surface area contributed by atoms with Crippen LogP contribution in [0.15, 0.2) is 28.8 Å². The number of halogens is 1. The summed E-state index contributed by atoms with van der Waals surface area (Å²) in [7, 11) is 0. The molecule has 2 aromatic rings. The van der Waals surface area contributed by atoms with Crippen molar-refractivity contribution in [3.05, 3.63) is 35.7 Å². The first-order valence-corrected chi connectivity index (χ1v) is 7.94. The minimum Gasteiger partial charge on any atom is -0.339 e. The van der Waals surface area contributed by atoms with Gasteiger partial charge in [0.15, 0.2) is 0 Å². The third-order valence-electron chi connectivity index (χ3n) is 5.33. The average Bonchev–Trinajstić information content (AvgIpc) is 3.22. The van der Waals surface area contributed by atoms with E-state index in [1.807, 2.05) is 0 Å². The Morgan fingerprint density at radius 2 is 1.91 bits per heavy atom. The van der Waals surface area contributed by atoms with E-state index in [9.17, 15) is 0 Å². The highest BCUT2D eigenvalue weighted by molar-refractivity contribution is 5.85. The van der Waals surface area contributed by atoms with Gasteiger partial charge >= 0.3 is 0 Å². The van der Waals surface area contributed by atoms with Gasteiger partial charge in [-0.05, 0) is 43.1 Å². The van der Waals surface area contributed by atoms with Gasteiger partial charge in [0.25, 0.3) is 0 Å². The molecule has 1 aromatic carbocycles. The van der Waals surface area contributed by atoms with Gasteiger partial charge in [-0.25, -0.2) is 0 Å². The molecule has 4 rings (SSSR count). The van der Waals surface area contributed by atoms with Crippen LogP contribution in [0, 0.1) is 11.8 Å². The summed E-state index contributed by atoms with van der Waals surface area (Å²) >= 11 is 0. The third kappa shape index (κ3) is 2.44. The van der Waals surface area contributed by atoms with Gasteiger partial charge in [-0.3, -0.25) is 0 Å². The van der Waals surface area contributed by atoms with Crippen LogP contribution in [-0.4, -0.2) is 16.2 Å². The molecule has 4 nitrogen and oxygen atoms in total. The second-order valence-electron chi connectivity index (χ2n) is 6.44. The first-order valence-electron chi connectivity index (χ1n) is 7.94. The normalized spacial score (nSPS) is 29.5.